The number of nitrogens with zero attached hydrogens (tertiary/aromatic N) is 2. The van der Waals surface area contributed by atoms with Crippen LogP contribution in [0.5, 0.6) is 5.75 Å². The van der Waals surface area contributed by atoms with Gasteiger partial charge in [0, 0.05) is 19.9 Å². The summed E-state index contributed by atoms with van der Waals surface area (Å²) in [5, 5.41) is 8.38. The fourth-order valence-electron chi connectivity index (χ4n) is 3.24. The van der Waals surface area contributed by atoms with Crippen LogP contribution >= 0.6 is 0 Å². The van der Waals surface area contributed by atoms with E-state index in [1.165, 1.54) is 12.1 Å². The zero-order valence-electron chi connectivity index (χ0n) is 17.5. The van der Waals surface area contributed by atoms with Crippen LogP contribution in [-0.2, 0) is 19.1 Å². The van der Waals surface area contributed by atoms with Gasteiger partial charge in [-0.1, -0.05) is 42.5 Å². The normalized spacial score (nSPS) is 15.2. The van der Waals surface area contributed by atoms with Crippen molar-refractivity contribution >= 4 is 23.5 Å². The molecular weight excluding hydrogens is 398 g/mol. The Morgan fingerprint density at radius 1 is 1.06 bits per heavy atom. The van der Waals surface area contributed by atoms with Gasteiger partial charge in [0.25, 0.3) is 5.91 Å². The van der Waals surface area contributed by atoms with Gasteiger partial charge in [0.1, 0.15) is 5.75 Å². The molecule has 1 atom stereocenters. The van der Waals surface area contributed by atoms with Crippen molar-refractivity contribution in [3.63, 3.8) is 0 Å². The fourth-order valence-corrected chi connectivity index (χ4v) is 3.24. The highest BCUT2D eigenvalue weighted by atomic mass is 16.5. The van der Waals surface area contributed by atoms with Crippen LogP contribution in [0.2, 0.25) is 0 Å². The van der Waals surface area contributed by atoms with Gasteiger partial charge >= 0.3 is 5.97 Å². The highest BCUT2D eigenvalue weighted by Crippen LogP contribution is 2.34. The van der Waals surface area contributed by atoms with E-state index in [-0.39, 0.29) is 31.4 Å². The van der Waals surface area contributed by atoms with Gasteiger partial charge in [-0.15, -0.1) is 0 Å². The van der Waals surface area contributed by atoms with Gasteiger partial charge in [0.05, 0.1) is 25.3 Å². The van der Waals surface area contributed by atoms with Gasteiger partial charge in [0.15, 0.2) is 6.61 Å². The highest BCUT2D eigenvalue weighted by molar-refractivity contribution is 6.03. The summed E-state index contributed by atoms with van der Waals surface area (Å²) in [6, 6.07) is 16.9. The number of benzene rings is 2. The Kier molecular flexibility index (Phi) is 7.37. The third-order valence-corrected chi connectivity index (χ3v) is 4.96. The first-order valence-electron chi connectivity index (χ1n) is 9.97. The fraction of sp³-hybridized carbons (Fsp3) is 0.304. The largest absolute Gasteiger partial charge is 0.497 e. The summed E-state index contributed by atoms with van der Waals surface area (Å²) in [5.74, 6) is -0.577. The first-order valence-corrected chi connectivity index (χ1v) is 9.97. The lowest BCUT2D eigenvalue weighted by Gasteiger charge is -2.22. The number of hydrogen-bond acceptors (Lipinski definition) is 6. The van der Waals surface area contributed by atoms with E-state index >= 15 is 0 Å². The predicted octanol–water partition coefficient (Wildman–Crippen LogP) is 2.44. The summed E-state index contributed by atoms with van der Waals surface area (Å²) in [4.78, 5) is 36.0. The molecule has 8 heteroatoms. The van der Waals surface area contributed by atoms with Crippen molar-refractivity contribution in [2.45, 2.75) is 25.3 Å². The molecule has 0 saturated carbocycles. The molecule has 3 rings (SSSR count). The summed E-state index contributed by atoms with van der Waals surface area (Å²) in [7, 11) is 3.05. The minimum absolute atomic E-state index is 0.0647. The lowest BCUT2D eigenvalue weighted by Crippen LogP contribution is -2.28. The van der Waals surface area contributed by atoms with Crippen molar-refractivity contribution in [3.05, 3.63) is 65.7 Å². The second-order valence-corrected chi connectivity index (χ2v) is 6.98. The van der Waals surface area contributed by atoms with E-state index < -0.39 is 11.9 Å². The number of nitrogens with one attached hydrogen (secondary N) is 1. The second-order valence-electron chi connectivity index (χ2n) is 6.98. The average molecular weight is 423 g/mol. The number of carbonyl (C=O) groups excluding carboxylic acids is 3. The van der Waals surface area contributed by atoms with Crippen LogP contribution in [0.1, 0.15) is 36.4 Å². The Morgan fingerprint density at radius 2 is 1.77 bits per heavy atom. The topological polar surface area (TPSA) is 97.3 Å². The quantitative estimate of drug-likeness (QED) is 0.658. The number of ether oxygens (including phenoxy) is 2. The summed E-state index contributed by atoms with van der Waals surface area (Å²) in [6.45, 7) is -0.363. The summed E-state index contributed by atoms with van der Waals surface area (Å²) in [6.07, 6.45) is 0.367. The molecule has 0 fully saturated rings. The number of likely N-dealkylation sites (N-methyl/N-ethyl adjacent to an activating group) is 1. The monoisotopic (exact) mass is 423 g/mol. The molecule has 0 saturated heterocycles. The van der Waals surface area contributed by atoms with Crippen LogP contribution in [0.25, 0.3) is 0 Å². The van der Waals surface area contributed by atoms with Crippen LogP contribution in [0.4, 0.5) is 0 Å². The van der Waals surface area contributed by atoms with E-state index in [1.807, 2.05) is 54.6 Å². The number of carbonyl (C=O) groups is 3. The van der Waals surface area contributed by atoms with Gasteiger partial charge in [-0.25, -0.2) is 5.01 Å². The van der Waals surface area contributed by atoms with E-state index in [0.29, 0.717) is 6.42 Å². The van der Waals surface area contributed by atoms with Gasteiger partial charge in [-0.05, 0) is 23.3 Å². The minimum atomic E-state index is -0.607. The predicted molar refractivity (Wildman–Crippen MR) is 114 cm³/mol. The Labute approximate surface area is 180 Å². The van der Waals surface area contributed by atoms with Crippen molar-refractivity contribution in [2.75, 3.05) is 20.8 Å². The number of hydrogen-bond donors (Lipinski definition) is 1. The Balaban J connectivity index is 1.73. The van der Waals surface area contributed by atoms with Crippen molar-refractivity contribution in [2.24, 2.45) is 5.10 Å². The van der Waals surface area contributed by atoms with Crippen LogP contribution in [-0.4, -0.2) is 49.3 Å². The zero-order valence-corrected chi connectivity index (χ0v) is 17.5. The lowest BCUT2D eigenvalue weighted by atomic mass is 9.98. The molecule has 162 valence electrons. The third kappa shape index (κ3) is 5.69. The molecule has 2 aromatic rings. The summed E-state index contributed by atoms with van der Waals surface area (Å²) < 4.78 is 10.1. The van der Waals surface area contributed by atoms with Crippen molar-refractivity contribution in [1.29, 1.82) is 0 Å². The number of hydrazone groups is 1. The number of esters is 1. The molecule has 8 nitrogen and oxygen atoms in total. The SMILES string of the molecule is CNC(=O)COC(=O)CCC(=O)N1N=C(c2ccccc2)C[C@@H]1c1ccc(OC)cc1. The minimum Gasteiger partial charge on any atom is -0.497 e. The Morgan fingerprint density at radius 3 is 2.42 bits per heavy atom. The molecule has 1 aliphatic rings. The van der Waals surface area contributed by atoms with Crippen molar-refractivity contribution < 1.29 is 23.9 Å². The summed E-state index contributed by atoms with van der Waals surface area (Å²) in [5.41, 5.74) is 2.67. The van der Waals surface area contributed by atoms with Gasteiger partial charge in [-0.2, -0.15) is 5.10 Å². The highest BCUT2D eigenvalue weighted by Gasteiger charge is 2.33. The lowest BCUT2D eigenvalue weighted by molar-refractivity contribution is -0.150. The van der Waals surface area contributed by atoms with Gasteiger partial charge < -0.3 is 14.8 Å². The molecule has 0 bridgehead atoms. The molecule has 1 aliphatic heterocycles. The molecule has 0 radical (unpaired) electrons. The molecule has 2 aromatic carbocycles. The standard InChI is InChI=1S/C23H25N3O5/c1-24-21(27)15-31-23(29)13-12-22(28)26-20(17-8-10-18(30-2)11-9-17)14-19(25-26)16-6-4-3-5-7-16/h3-11,20H,12-15H2,1-2H3,(H,24,27)/t20-/m1/s1. The summed E-state index contributed by atoms with van der Waals surface area (Å²) >= 11 is 0. The van der Waals surface area contributed by atoms with Crippen LogP contribution in [0.15, 0.2) is 59.7 Å². The molecule has 2 amide bonds. The zero-order chi connectivity index (χ0) is 22.2. The van der Waals surface area contributed by atoms with Gasteiger partial charge in [0.2, 0.25) is 5.91 Å². The third-order valence-electron chi connectivity index (χ3n) is 4.96. The van der Waals surface area contributed by atoms with Crippen LogP contribution in [0.3, 0.4) is 0 Å². The first-order chi connectivity index (χ1) is 15.0. The molecule has 1 heterocycles. The average Bonchev–Trinajstić information content (AvgIpc) is 3.27. The molecule has 1 N–H and O–H groups in total. The molecule has 0 unspecified atom stereocenters. The van der Waals surface area contributed by atoms with Crippen LogP contribution in [0, 0.1) is 0 Å². The Bertz CT molecular complexity index is 957. The number of methoxy groups -OCH3 is 1. The molecule has 31 heavy (non-hydrogen) atoms. The van der Waals surface area contributed by atoms with Crippen LogP contribution < -0.4 is 10.1 Å². The molecule has 0 aliphatic carbocycles. The van der Waals surface area contributed by atoms with Crippen molar-refractivity contribution in [3.8, 4) is 5.75 Å². The van der Waals surface area contributed by atoms with Gasteiger partial charge in [-0.3, -0.25) is 14.4 Å². The second kappa shape index (κ2) is 10.4. The smallest absolute Gasteiger partial charge is 0.306 e. The number of rotatable bonds is 8. The first kappa shape index (κ1) is 22.0. The molecule has 0 spiro atoms. The maximum Gasteiger partial charge on any atom is 0.306 e. The van der Waals surface area contributed by atoms with E-state index in [0.717, 1.165) is 22.6 Å². The van der Waals surface area contributed by atoms with E-state index in [4.69, 9.17) is 9.47 Å². The molecule has 0 aromatic heterocycles. The number of amides is 2. The Hall–Kier alpha value is -3.68. The van der Waals surface area contributed by atoms with E-state index in [9.17, 15) is 14.4 Å². The maximum absolute atomic E-state index is 12.9. The van der Waals surface area contributed by atoms with E-state index in [1.54, 1.807) is 7.11 Å². The van der Waals surface area contributed by atoms with E-state index in [2.05, 4.69) is 10.4 Å². The van der Waals surface area contributed by atoms with Crippen molar-refractivity contribution in [1.82, 2.24) is 10.3 Å². The maximum atomic E-state index is 12.9. The molecular formula is C23H25N3O5.